The highest BCUT2D eigenvalue weighted by Gasteiger charge is 2.48. The molecule has 194 valence electrons. The number of pyridine rings is 2. The Labute approximate surface area is 214 Å². The topological polar surface area (TPSA) is 87.6 Å². The third-order valence-corrected chi connectivity index (χ3v) is 7.44. The molecule has 4 heterocycles. The number of benzene rings is 1. The number of nitrogens with one attached hydrogen (secondary N) is 1. The van der Waals surface area contributed by atoms with Crippen molar-refractivity contribution >= 4 is 17.3 Å². The number of hydrogen-bond donors (Lipinski definition) is 2. The summed E-state index contributed by atoms with van der Waals surface area (Å²) >= 11 is 0. The second-order valence-electron chi connectivity index (χ2n) is 10.4. The molecule has 0 saturated carbocycles. The largest absolute Gasteiger partial charge is 0.386 e. The van der Waals surface area contributed by atoms with Gasteiger partial charge in [-0.15, -0.1) is 0 Å². The smallest absolute Gasteiger partial charge is 0.286 e. The van der Waals surface area contributed by atoms with Crippen molar-refractivity contribution in [2.45, 2.75) is 45.8 Å². The molecule has 2 atom stereocenters. The number of carbonyl (C=O) groups is 1. The van der Waals surface area contributed by atoms with Crippen LogP contribution in [0.3, 0.4) is 0 Å². The molecule has 5 rings (SSSR count). The van der Waals surface area contributed by atoms with Gasteiger partial charge in [-0.25, -0.2) is 0 Å². The highest BCUT2D eigenvalue weighted by atomic mass is 19.3. The summed E-state index contributed by atoms with van der Waals surface area (Å²) in [4.78, 5) is 23.5. The summed E-state index contributed by atoms with van der Waals surface area (Å²) < 4.78 is 33.1. The van der Waals surface area contributed by atoms with E-state index in [0.717, 1.165) is 35.4 Å². The van der Waals surface area contributed by atoms with Gasteiger partial charge in [0.2, 0.25) is 0 Å². The monoisotopic (exact) mass is 508 g/mol. The lowest BCUT2D eigenvalue weighted by molar-refractivity contribution is -0.0288. The molecule has 37 heavy (non-hydrogen) atoms. The van der Waals surface area contributed by atoms with E-state index in [2.05, 4.69) is 20.2 Å². The lowest BCUT2D eigenvalue weighted by Crippen LogP contribution is -2.58. The average Bonchev–Trinajstić information content (AvgIpc) is 2.88. The Balaban J connectivity index is 1.47. The van der Waals surface area contributed by atoms with Crippen LogP contribution in [0.15, 0.2) is 48.8 Å². The van der Waals surface area contributed by atoms with E-state index in [9.17, 15) is 18.7 Å². The van der Waals surface area contributed by atoms with Gasteiger partial charge in [-0.3, -0.25) is 14.8 Å². The first-order chi connectivity index (χ1) is 17.5. The molecule has 9 heteroatoms. The minimum atomic E-state index is -3.14. The predicted molar refractivity (Wildman–Crippen MR) is 137 cm³/mol. The van der Waals surface area contributed by atoms with Crippen molar-refractivity contribution in [1.82, 2.24) is 9.97 Å². The molecule has 7 nitrogen and oxygen atoms in total. The SMILES string of the molecule is Cc1ccc(NC(=O)c2ccnc(C(C)(F)F)c2)cc1-c1cnc2c(c1)N1CCOCC1C(C)(C)C2O. The Morgan fingerprint density at radius 3 is 2.76 bits per heavy atom. The zero-order valence-electron chi connectivity index (χ0n) is 21.3. The number of anilines is 2. The number of hydrogen-bond acceptors (Lipinski definition) is 6. The standard InChI is InChI=1S/C28H30F2N4O3/c1-16-5-6-19(33-26(36)17-7-8-31-22(12-17)28(4,29)30)13-20(16)18-11-21-24(32-14-18)25(35)27(2,3)23-15-37-10-9-34(21)23/h5-8,11-14,23,25,35H,9-10,15H2,1-4H3,(H,33,36). The number of fused-ring (bicyclic) bond motifs is 3. The molecule has 0 aliphatic carbocycles. The number of aryl methyl sites for hydroxylation is 1. The molecular formula is C28H30F2N4O3. The zero-order valence-corrected chi connectivity index (χ0v) is 21.3. The fourth-order valence-corrected chi connectivity index (χ4v) is 5.12. The summed E-state index contributed by atoms with van der Waals surface area (Å²) in [6.07, 6.45) is 2.22. The summed E-state index contributed by atoms with van der Waals surface area (Å²) in [6, 6.07) is 10.1. The van der Waals surface area contributed by atoms with Gasteiger partial charge in [0.15, 0.2) is 0 Å². The van der Waals surface area contributed by atoms with Gasteiger partial charge in [0.1, 0.15) is 11.8 Å². The third kappa shape index (κ3) is 4.57. The van der Waals surface area contributed by atoms with E-state index in [1.165, 1.54) is 12.3 Å². The molecule has 0 spiro atoms. The Morgan fingerprint density at radius 1 is 1.22 bits per heavy atom. The van der Waals surface area contributed by atoms with Gasteiger partial charge >= 0.3 is 0 Å². The number of aliphatic hydroxyl groups is 1. The molecule has 1 fully saturated rings. The molecule has 2 aliphatic rings. The van der Waals surface area contributed by atoms with Crippen LogP contribution in [0.4, 0.5) is 20.2 Å². The van der Waals surface area contributed by atoms with Crippen molar-refractivity contribution < 1.29 is 23.4 Å². The summed E-state index contributed by atoms with van der Waals surface area (Å²) in [7, 11) is 0. The van der Waals surface area contributed by atoms with Gasteiger partial charge in [-0.1, -0.05) is 19.9 Å². The fraction of sp³-hybridized carbons (Fsp3) is 0.393. The second kappa shape index (κ2) is 9.15. The van der Waals surface area contributed by atoms with Crippen molar-refractivity contribution in [3.63, 3.8) is 0 Å². The van der Waals surface area contributed by atoms with Crippen molar-refractivity contribution in [3.05, 3.63) is 71.3 Å². The van der Waals surface area contributed by atoms with Crippen LogP contribution in [0.25, 0.3) is 11.1 Å². The Kier molecular flexibility index (Phi) is 6.24. The van der Waals surface area contributed by atoms with Crippen LogP contribution >= 0.6 is 0 Å². The Morgan fingerprint density at radius 2 is 2.00 bits per heavy atom. The van der Waals surface area contributed by atoms with Crippen molar-refractivity contribution in [3.8, 4) is 11.1 Å². The number of ether oxygens (including phenoxy) is 1. The molecule has 0 radical (unpaired) electrons. The van der Waals surface area contributed by atoms with E-state index in [0.29, 0.717) is 31.1 Å². The Bertz CT molecular complexity index is 1360. The van der Waals surface area contributed by atoms with Crippen LogP contribution < -0.4 is 10.2 Å². The molecule has 1 amide bonds. The van der Waals surface area contributed by atoms with Crippen molar-refractivity contribution in [1.29, 1.82) is 0 Å². The van der Waals surface area contributed by atoms with Gasteiger partial charge in [0, 0.05) is 48.1 Å². The highest BCUT2D eigenvalue weighted by molar-refractivity contribution is 6.04. The third-order valence-electron chi connectivity index (χ3n) is 7.44. The first kappa shape index (κ1) is 25.2. The number of carbonyl (C=O) groups excluding carboxylic acids is 1. The van der Waals surface area contributed by atoms with Crippen LogP contribution in [0, 0.1) is 12.3 Å². The van der Waals surface area contributed by atoms with Gasteiger partial charge in [-0.05, 0) is 48.4 Å². The van der Waals surface area contributed by atoms with E-state index in [4.69, 9.17) is 4.74 Å². The number of aromatic nitrogens is 2. The fourth-order valence-electron chi connectivity index (χ4n) is 5.12. The van der Waals surface area contributed by atoms with Crippen LogP contribution in [0.2, 0.25) is 0 Å². The minimum Gasteiger partial charge on any atom is -0.386 e. The zero-order chi connectivity index (χ0) is 26.5. The van der Waals surface area contributed by atoms with Crippen LogP contribution in [-0.4, -0.2) is 46.8 Å². The maximum Gasteiger partial charge on any atom is 0.286 e. The average molecular weight is 509 g/mol. The quantitative estimate of drug-likeness (QED) is 0.510. The summed E-state index contributed by atoms with van der Waals surface area (Å²) in [5.74, 6) is -3.65. The molecule has 2 aromatic heterocycles. The lowest BCUT2D eigenvalue weighted by atomic mass is 9.73. The molecule has 3 aromatic rings. The molecular weight excluding hydrogens is 478 g/mol. The number of morpholine rings is 1. The van der Waals surface area contributed by atoms with Crippen molar-refractivity contribution in [2.24, 2.45) is 5.41 Å². The summed E-state index contributed by atoms with van der Waals surface area (Å²) in [6.45, 7) is 8.63. The first-order valence-corrected chi connectivity index (χ1v) is 12.3. The van der Waals surface area contributed by atoms with Crippen LogP contribution in [-0.2, 0) is 10.7 Å². The molecule has 0 bridgehead atoms. The summed E-state index contributed by atoms with van der Waals surface area (Å²) in [5, 5.41) is 13.9. The normalized spacial score (nSPS) is 20.7. The maximum atomic E-state index is 13.7. The van der Waals surface area contributed by atoms with Gasteiger partial charge in [0.05, 0.1) is 30.6 Å². The van der Waals surface area contributed by atoms with E-state index in [1.807, 2.05) is 39.0 Å². The lowest BCUT2D eigenvalue weighted by Gasteiger charge is -2.52. The van der Waals surface area contributed by atoms with Gasteiger partial charge < -0.3 is 20.1 Å². The molecule has 2 N–H and O–H groups in total. The highest BCUT2D eigenvalue weighted by Crippen LogP contribution is 2.49. The van der Waals surface area contributed by atoms with Gasteiger partial charge in [-0.2, -0.15) is 8.78 Å². The number of aliphatic hydroxyl groups excluding tert-OH is 1. The number of nitrogens with zero attached hydrogens (tertiary/aromatic N) is 3. The van der Waals surface area contributed by atoms with Crippen LogP contribution in [0.1, 0.15) is 54.2 Å². The second-order valence-corrected chi connectivity index (χ2v) is 10.4. The number of alkyl halides is 2. The number of halogens is 2. The number of rotatable bonds is 4. The summed E-state index contributed by atoms with van der Waals surface area (Å²) in [5.41, 5.74) is 3.97. The van der Waals surface area contributed by atoms with E-state index >= 15 is 0 Å². The Hall–Kier alpha value is -3.43. The maximum absolute atomic E-state index is 13.7. The van der Waals surface area contributed by atoms with Gasteiger partial charge in [0.25, 0.3) is 11.8 Å². The molecule has 1 saturated heterocycles. The first-order valence-electron chi connectivity index (χ1n) is 12.3. The van der Waals surface area contributed by atoms with E-state index in [1.54, 1.807) is 12.3 Å². The van der Waals surface area contributed by atoms with Crippen molar-refractivity contribution in [2.75, 3.05) is 30.0 Å². The molecule has 2 aliphatic heterocycles. The molecule has 2 unspecified atom stereocenters. The van der Waals surface area contributed by atoms with E-state index < -0.39 is 29.0 Å². The molecule has 1 aromatic carbocycles. The van der Waals surface area contributed by atoms with Crippen LogP contribution in [0.5, 0.6) is 0 Å². The minimum absolute atomic E-state index is 0.0215. The van der Waals surface area contributed by atoms with E-state index in [-0.39, 0.29) is 11.6 Å². The number of amides is 1. The predicted octanol–water partition coefficient (Wildman–Crippen LogP) is 5.09.